The summed E-state index contributed by atoms with van der Waals surface area (Å²) in [5, 5.41) is 10.2. The van der Waals surface area contributed by atoms with Crippen molar-refractivity contribution in [2.75, 3.05) is 12.4 Å². The van der Waals surface area contributed by atoms with Gasteiger partial charge in [0.25, 0.3) is 5.56 Å². The van der Waals surface area contributed by atoms with Gasteiger partial charge in [-0.05, 0) is 55.3 Å². The molecule has 0 spiro atoms. The third-order valence-corrected chi connectivity index (χ3v) is 6.22. The summed E-state index contributed by atoms with van der Waals surface area (Å²) in [6, 6.07) is 23.4. The molecular weight excluding hydrogens is 420 g/mol. The van der Waals surface area contributed by atoms with E-state index in [0.29, 0.717) is 23.5 Å². The van der Waals surface area contributed by atoms with E-state index in [9.17, 15) is 4.79 Å². The lowest BCUT2D eigenvalue weighted by Gasteiger charge is -2.13. The summed E-state index contributed by atoms with van der Waals surface area (Å²) in [5.41, 5.74) is 3.66. The Morgan fingerprint density at radius 2 is 1.75 bits per heavy atom. The first-order chi connectivity index (χ1) is 15.6. The number of aromatic nitrogens is 4. The molecule has 0 saturated carbocycles. The van der Waals surface area contributed by atoms with E-state index in [1.165, 1.54) is 5.56 Å². The van der Waals surface area contributed by atoms with Crippen molar-refractivity contribution in [2.45, 2.75) is 19.0 Å². The molecule has 6 nitrogen and oxygen atoms in total. The van der Waals surface area contributed by atoms with E-state index in [0.717, 1.165) is 27.7 Å². The van der Waals surface area contributed by atoms with Crippen molar-refractivity contribution in [1.29, 1.82) is 0 Å². The van der Waals surface area contributed by atoms with Gasteiger partial charge in [-0.15, -0.1) is 10.2 Å². The Hall–Kier alpha value is -3.58. The number of thioether (sulfide) groups is 1. The lowest BCUT2D eigenvalue weighted by atomic mass is 10.2. The van der Waals surface area contributed by atoms with E-state index in [4.69, 9.17) is 4.74 Å². The Bertz CT molecular complexity index is 1490. The molecule has 32 heavy (non-hydrogen) atoms. The van der Waals surface area contributed by atoms with Gasteiger partial charge in [-0.3, -0.25) is 9.20 Å². The number of benzene rings is 3. The SMILES string of the molecule is Cc1cccc(OCCSc2nnc3n(-c4ccccc4C)c(=O)c4ccccc4n23)c1. The van der Waals surface area contributed by atoms with Gasteiger partial charge in [0.2, 0.25) is 5.78 Å². The first-order valence-corrected chi connectivity index (χ1v) is 11.4. The van der Waals surface area contributed by atoms with Gasteiger partial charge in [0.15, 0.2) is 5.16 Å². The molecule has 0 aliphatic heterocycles. The molecule has 0 fully saturated rings. The van der Waals surface area contributed by atoms with Crippen LogP contribution in [0.1, 0.15) is 11.1 Å². The zero-order valence-corrected chi connectivity index (χ0v) is 18.7. The number of ether oxygens (including phenoxy) is 1. The molecule has 0 aliphatic rings. The standard InChI is InChI=1S/C25H22N4O2S/c1-17-8-7-10-19(16-17)31-14-15-32-25-27-26-24-28(21-12-5-3-9-18(21)2)23(30)20-11-4-6-13-22(20)29(24)25/h3-13,16H,14-15H2,1-2H3. The number of aryl methyl sites for hydroxylation is 2. The first kappa shape index (κ1) is 20.3. The summed E-state index contributed by atoms with van der Waals surface area (Å²) >= 11 is 1.56. The summed E-state index contributed by atoms with van der Waals surface area (Å²) in [5.74, 6) is 2.06. The van der Waals surface area contributed by atoms with Gasteiger partial charge in [-0.1, -0.05) is 54.2 Å². The minimum absolute atomic E-state index is 0.103. The fraction of sp³-hybridized carbons (Fsp3) is 0.160. The fourth-order valence-corrected chi connectivity index (χ4v) is 4.56. The fourth-order valence-electron chi connectivity index (χ4n) is 3.80. The van der Waals surface area contributed by atoms with Crippen LogP contribution in [0.15, 0.2) is 82.7 Å². The van der Waals surface area contributed by atoms with Crippen LogP contribution in [0.3, 0.4) is 0 Å². The average molecular weight is 443 g/mol. The predicted octanol–water partition coefficient (Wildman–Crippen LogP) is 4.82. The van der Waals surface area contributed by atoms with Crippen LogP contribution < -0.4 is 10.3 Å². The molecule has 5 rings (SSSR count). The number of fused-ring (bicyclic) bond motifs is 3. The van der Waals surface area contributed by atoms with Gasteiger partial charge >= 0.3 is 0 Å². The van der Waals surface area contributed by atoms with Gasteiger partial charge in [0, 0.05) is 5.75 Å². The molecule has 5 aromatic rings. The summed E-state index contributed by atoms with van der Waals surface area (Å²) in [6.45, 7) is 4.57. The van der Waals surface area contributed by atoms with Crippen LogP contribution in [0.4, 0.5) is 0 Å². The van der Waals surface area contributed by atoms with Crippen LogP contribution >= 0.6 is 11.8 Å². The average Bonchev–Trinajstić information content (AvgIpc) is 3.22. The molecule has 0 saturated heterocycles. The quantitative estimate of drug-likeness (QED) is 0.279. The molecule has 160 valence electrons. The van der Waals surface area contributed by atoms with Crippen LogP contribution in [0, 0.1) is 13.8 Å². The Morgan fingerprint density at radius 3 is 2.59 bits per heavy atom. The van der Waals surface area contributed by atoms with Gasteiger partial charge < -0.3 is 4.74 Å². The molecule has 0 radical (unpaired) electrons. The second kappa shape index (κ2) is 8.51. The van der Waals surface area contributed by atoms with E-state index in [1.54, 1.807) is 16.3 Å². The first-order valence-electron chi connectivity index (χ1n) is 10.4. The van der Waals surface area contributed by atoms with Crippen LogP contribution in [-0.2, 0) is 0 Å². The highest BCUT2D eigenvalue weighted by Gasteiger charge is 2.18. The van der Waals surface area contributed by atoms with Gasteiger partial charge in [0.05, 0.1) is 23.2 Å². The Morgan fingerprint density at radius 1 is 0.938 bits per heavy atom. The van der Waals surface area contributed by atoms with Crippen LogP contribution in [0.5, 0.6) is 5.75 Å². The van der Waals surface area contributed by atoms with Crippen LogP contribution in [-0.4, -0.2) is 31.5 Å². The van der Waals surface area contributed by atoms with Gasteiger partial charge in [-0.2, -0.15) is 0 Å². The molecule has 0 unspecified atom stereocenters. The monoisotopic (exact) mass is 442 g/mol. The number of hydrogen-bond donors (Lipinski definition) is 0. The minimum atomic E-state index is -0.103. The predicted molar refractivity (Wildman–Crippen MR) is 128 cm³/mol. The molecular formula is C25H22N4O2S. The molecule has 0 amide bonds. The van der Waals surface area contributed by atoms with Gasteiger partial charge in [0.1, 0.15) is 5.75 Å². The molecule has 0 N–H and O–H groups in total. The maximum Gasteiger partial charge on any atom is 0.267 e. The van der Waals surface area contributed by atoms with Crippen molar-refractivity contribution in [3.8, 4) is 11.4 Å². The number of rotatable bonds is 6. The lowest BCUT2D eigenvalue weighted by molar-refractivity contribution is 0.343. The topological polar surface area (TPSA) is 61.4 Å². The van der Waals surface area contributed by atoms with Crippen LogP contribution in [0.25, 0.3) is 22.4 Å². The molecule has 3 aromatic carbocycles. The number of para-hydroxylation sites is 2. The van der Waals surface area contributed by atoms with Crippen molar-refractivity contribution in [1.82, 2.24) is 19.2 Å². The molecule has 2 heterocycles. The Labute approximate surface area is 189 Å². The van der Waals surface area contributed by atoms with E-state index in [-0.39, 0.29) is 5.56 Å². The van der Waals surface area contributed by atoms with Gasteiger partial charge in [-0.25, -0.2) is 4.57 Å². The minimum Gasteiger partial charge on any atom is -0.493 e. The highest BCUT2D eigenvalue weighted by atomic mass is 32.2. The van der Waals surface area contributed by atoms with Crippen molar-refractivity contribution < 1.29 is 4.74 Å². The maximum absolute atomic E-state index is 13.4. The van der Waals surface area contributed by atoms with E-state index in [2.05, 4.69) is 10.2 Å². The maximum atomic E-state index is 13.4. The van der Waals surface area contributed by atoms with Crippen LogP contribution in [0.2, 0.25) is 0 Å². The number of nitrogens with zero attached hydrogens (tertiary/aromatic N) is 4. The third kappa shape index (κ3) is 3.65. The van der Waals surface area contributed by atoms with Crippen molar-refractivity contribution in [3.05, 3.63) is 94.3 Å². The summed E-state index contributed by atoms with van der Waals surface area (Å²) in [7, 11) is 0. The summed E-state index contributed by atoms with van der Waals surface area (Å²) in [6.07, 6.45) is 0. The molecule has 7 heteroatoms. The molecule has 0 aliphatic carbocycles. The van der Waals surface area contributed by atoms with Crippen molar-refractivity contribution >= 4 is 28.4 Å². The largest absolute Gasteiger partial charge is 0.493 e. The van der Waals surface area contributed by atoms with Crippen molar-refractivity contribution in [2.24, 2.45) is 0 Å². The zero-order valence-electron chi connectivity index (χ0n) is 17.9. The smallest absolute Gasteiger partial charge is 0.267 e. The molecule has 2 aromatic heterocycles. The van der Waals surface area contributed by atoms with E-state index < -0.39 is 0 Å². The summed E-state index contributed by atoms with van der Waals surface area (Å²) in [4.78, 5) is 13.4. The highest BCUT2D eigenvalue weighted by molar-refractivity contribution is 7.99. The highest BCUT2D eigenvalue weighted by Crippen LogP contribution is 2.24. The molecule has 0 atom stereocenters. The second-order valence-electron chi connectivity index (χ2n) is 7.58. The van der Waals surface area contributed by atoms with E-state index >= 15 is 0 Å². The van der Waals surface area contributed by atoms with Crippen molar-refractivity contribution in [3.63, 3.8) is 0 Å². The Kier molecular flexibility index (Phi) is 5.41. The lowest BCUT2D eigenvalue weighted by Crippen LogP contribution is -2.22. The molecule has 0 bridgehead atoms. The zero-order chi connectivity index (χ0) is 22.1. The third-order valence-electron chi connectivity index (χ3n) is 5.32. The summed E-state index contributed by atoms with van der Waals surface area (Å²) < 4.78 is 9.49. The normalized spacial score (nSPS) is 11.3. The van der Waals surface area contributed by atoms with E-state index in [1.807, 2.05) is 91.0 Å². The second-order valence-corrected chi connectivity index (χ2v) is 8.64. The number of hydrogen-bond acceptors (Lipinski definition) is 5. The Balaban J connectivity index is 1.54.